The van der Waals surface area contributed by atoms with E-state index in [-0.39, 0.29) is 9.79 Å². The summed E-state index contributed by atoms with van der Waals surface area (Å²) < 4.78 is 63.1. The van der Waals surface area contributed by atoms with Crippen LogP contribution in [0.5, 0.6) is 0 Å². The normalized spacial score (nSPS) is 15.3. The molecule has 0 spiro atoms. The molecule has 2 aromatic rings. The van der Waals surface area contributed by atoms with Crippen LogP contribution < -0.4 is 10.6 Å². The first-order chi connectivity index (χ1) is 18.3. The fourth-order valence-corrected chi connectivity index (χ4v) is 5.98. The van der Waals surface area contributed by atoms with Crippen molar-refractivity contribution in [2.75, 3.05) is 10.6 Å². The Morgan fingerprint density at radius 2 is 0.949 bits per heavy atom. The largest absolute Gasteiger partial charge is 0.382 e. The lowest BCUT2D eigenvalue weighted by Crippen LogP contribution is -2.19. The van der Waals surface area contributed by atoms with Crippen LogP contribution >= 0.6 is 0 Å². The average molecular weight is 583 g/mol. The van der Waals surface area contributed by atoms with Gasteiger partial charge in [0.25, 0.3) is 20.2 Å². The molecule has 0 bridgehead atoms. The lowest BCUT2D eigenvalue weighted by atomic mass is 9.89. The van der Waals surface area contributed by atoms with Gasteiger partial charge in [-0.05, 0) is 92.5 Å². The van der Waals surface area contributed by atoms with E-state index in [1.54, 1.807) is 24.3 Å². The molecule has 0 aliphatic carbocycles. The van der Waals surface area contributed by atoms with Gasteiger partial charge in [-0.3, -0.25) is 9.11 Å². The molecule has 0 radical (unpaired) electrons. The Bertz CT molecular complexity index is 1100. The van der Waals surface area contributed by atoms with Gasteiger partial charge in [-0.1, -0.05) is 53.4 Å². The highest BCUT2D eigenvalue weighted by Crippen LogP contribution is 2.25. The third kappa shape index (κ3) is 12.3. The maximum Gasteiger partial charge on any atom is 0.294 e. The van der Waals surface area contributed by atoms with Crippen molar-refractivity contribution in [3.05, 3.63) is 48.5 Å². The second-order valence-corrected chi connectivity index (χ2v) is 13.6. The van der Waals surface area contributed by atoms with Crippen LogP contribution in [0.2, 0.25) is 0 Å². The summed E-state index contributed by atoms with van der Waals surface area (Å²) in [5, 5.41) is 6.94. The fourth-order valence-electron chi connectivity index (χ4n) is 5.02. The Labute approximate surface area is 235 Å². The number of hydrogen-bond donors (Lipinski definition) is 4. The molecule has 0 aromatic heterocycles. The Morgan fingerprint density at radius 1 is 0.615 bits per heavy atom. The van der Waals surface area contributed by atoms with Crippen molar-refractivity contribution in [3.8, 4) is 0 Å². The van der Waals surface area contributed by atoms with Gasteiger partial charge in [0, 0.05) is 23.5 Å². The van der Waals surface area contributed by atoms with Crippen LogP contribution in [0.1, 0.15) is 85.5 Å². The summed E-state index contributed by atoms with van der Waals surface area (Å²) in [6.45, 7) is 8.93. The lowest BCUT2D eigenvalue weighted by Gasteiger charge is -2.22. The molecule has 2 rings (SSSR count). The van der Waals surface area contributed by atoms with Crippen molar-refractivity contribution in [3.63, 3.8) is 0 Å². The summed E-state index contributed by atoms with van der Waals surface area (Å²) in [5.41, 5.74) is 1.71. The van der Waals surface area contributed by atoms with E-state index in [2.05, 4.69) is 38.3 Å². The monoisotopic (exact) mass is 582 g/mol. The predicted octanol–water partition coefficient (Wildman–Crippen LogP) is 7.26. The lowest BCUT2D eigenvalue weighted by molar-refractivity contribution is 0.354. The highest BCUT2D eigenvalue weighted by atomic mass is 32.2. The molecule has 4 unspecified atom stereocenters. The molecular formula is C29H46N2O6S2. The molecule has 4 N–H and O–H groups in total. The molecule has 10 heteroatoms. The van der Waals surface area contributed by atoms with Gasteiger partial charge in [-0.25, -0.2) is 0 Å². The molecule has 8 nitrogen and oxygen atoms in total. The minimum atomic E-state index is -4.17. The zero-order chi connectivity index (χ0) is 29.1. The average Bonchev–Trinajstić information content (AvgIpc) is 2.87. The molecule has 0 saturated carbocycles. The van der Waals surface area contributed by atoms with Crippen molar-refractivity contribution in [1.82, 2.24) is 0 Å². The van der Waals surface area contributed by atoms with E-state index in [0.717, 1.165) is 49.9 Å². The molecule has 39 heavy (non-hydrogen) atoms. The summed E-state index contributed by atoms with van der Waals surface area (Å²) in [4.78, 5) is -0.197. The van der Waals surface area contributed by atoms with Crippen molar-refractivity contribution in [2.24, 2.45) is 11.8 Å². The van der Waals surface area contributed by atoms with Gasteiger partial charge in [0.15, 0.2) is 0 Å². The Balaban J connectivity index is 1.67. The Morgan fingerprint density at radius 3 is 1.23 bits per heavy atom. The highest BCUT2D eigenvalue weighted by molar-refractivity contribution is 7.86. The maximum atomic E-state index is 11.2. The van der Waals surface area contributed by atoms with E-state index in [0.29, 0.717) is 23.9 Å². The fraction of sp³-hybridized carbons (Fsp3) is 0.586. The topological polar surface area (TPSA) is 133 Å². The van der Waals surface area contributed by atoms with E-state index in [1.165, 1.54) is 43.5 Å². The smallest absolute Gasteiger partial charge is 0.294 e. The van der Waals surface area contributed by atoms with Crippen LogP contribution in [0.4, 0.5) is 11.4 Å². The number of rotatable bonds is 18. The molecule has 0 aliphatic heterocycles. The summed E-state index contributed by atoms with van der Waals surface area (Å²) in [7, 11) is -8.35. The first-order valence-corrected chi connectivity index (χ1v) is 16.9. The van der Waals surface area contributed by atoms with Gasteiger partial charge in [-0.15, -0.1) is 0 Å². The summed E-state index contributed by atoms with van der Waals surface area (Å²) in [6, 6.07) is 13.0. The molecule has 0 aliphatic rings. The quantitative estimate of drug-likeness (QED) is 0.135. The number of hydrogen-bond acceptors (Lipinski definition) is 6. The van der Waals surface area contributed by atoms with Gasteiger partial charge >= 0.3 is 0 Å². The second kappa shape index (κ2) is 15.6. The van der Waals surface area contributed by atoms with Gasteiger partial charge < -0.3 is 10.6 Å². The predicted molar refractivity (Wildman–Crippen MR) is 159 cm³/mol. The number of anilines is 2. The molecule has 4 atom stereocenters. The zero-order valence-electron chi connectivity index (χ0n) is 23.6. The van der Waals surface area contributed by atoms with E-state index in [4.69, 9.17) is 9.11 Å². The minimum absolute atomic E-state index is 0.0985. The molecular weight excluding hydrogens is 536 g/mol. The molecule has 0 amide bonds. The molecule has 0 heterocycles. The molecule has 0 saturated heterocycles. The third-order valence-corrected chi connectivity index (χ3v) is 9.07. The van der Waals surface area contributed by atoms with E-state index in [1.807, 2.05) is 0 Å². The van der Waals surface area contributed by atoms with Crippen molar-refractivity contribution >= 4 is 31.6 Å². The summed E-state index contributed by atoms with van der Waals surface area (Å²) in [6.07, 6.45) is 9.83. The van der Waals surface area contributed by atoms with Crippen molar-refractivity contribution in [1.29, 1.82) is 0 Å². The summed E-state index contributed by atoms with van der Waals surface area (Å²) in [5.74, 6) is 1.29. The Hall–Kier alpha value is -2.14. The van der Waals surface area contributed by atoms with Crippen LogP contribution in [-0.4, -0.2) is 38.0 Å². The Kier molecular flexibility index (Phi) is 13.2. The van der Waals surface area contributed by atoms with Gasteiger partial charge in [0.05, 0.1) is 9.79 Å². The zero-order valence-corrected chi connectivity index (χ0v) is 25.3. The first kappa shape index (κ1) is 33.1. The van der Waals surface area contributed by atoms with Crippen molar-refractivity contribution < 1.29 is 25.9 Å². The first-order valence-electron chi connectivity index (χ1n) is 14.0. The van der Waals surface area contributed by atoms with Gasteiger partial charge in [0.1, 0.15) is 0 Å². The van der Waals surface area contributed by atoms with E-state index >= 15 is 0 Å². The number of benzene rings is 2. The molecule has 2 aromatic carbocycles. The molecule has 220 valence electrons. The van der Waals surface area contributed by atoms with Crippen LogP contribution in [0.25, 0.3) is 0 Å². The third-order valence-electron chi connectivity index (χ3n) is 7.34. The van der Waals surface area contributed by atoms with Crippen LogP contribution in [-0.2, 0) is 20.2 Å². The van der Waals surface area contributed by atoms with Crippen molar-refractivity contribution in [2.45, 2.75) is 107 Å². The van der Waals surface area contributed by atoms with Gasteiger partial charge in [0.2, 0.25) is 0 Å². The SMILES string of the molecule is CCC(CCCC(C)CC(C)CCCC(CC)Nc1ccc(S(=O)(=O)O)cc1)Nc1ccc(S(=O)(=O)O)cc1. The number of nitrogens with one attached hydrogen (secondary N) is 2. The summed E-state index contributed by atoms with van der Waals surface area (Å²) >= 11 is 0. The highest BCUT2D eigenvalue weighted by Gasteiger charge is 2.14. The van der Waals surface area contributed by atoms with Crippen LogP contribution in [0.15, 0.2) is 58.3 Å². The van der Waals surface area contributed by atoms with Crippen LogP contribution in [0, 0.1) is 11.8 Å². The van der Waals surface area contributed by atoms with E-state index in [9.17, 15) is 16.8 Å². The van der Waals surface area contributed by atoms with E-state index < -0.39 is 20.2 Å². The molecule has 0 fully saturated rings. The van der Waals surface area contributed by atoms with Gasteiger partial charge in [-0.2, -0.15) is 16.8 Å². The standard InChI is InChI=1S/C29H46N2O6S2/c1-5-24(30-26-13-17-28(18-14-26)38(32,33)34)11-7-9-22(3)21-23(4)10-8-12-25(6-2)31-27-15-19-29(20-16-27)39(35,36)37/h13-20,22-25,30-31H,5-12,21H2,1-4H3,(H,32,33,34)(H,35,36,37). The minimum Gasteiger partial charge on any atom is -0.382 e. The second-order valence-electron chi connectivity index (χ2n) is 10.8. The maximum absolute atomic E-state index is 11.2. The van der Waals surface area contributed by atoms with Crippen LogP contribution in [0.3, 0.4) is 0 Å².